The van der Waals surface area contributed by atoms with Crippen molar-refractivity contribution in [3.63, 3.8) is 0 Å². The number of hydrogen-bond acceptors (Lipinski definition) is 7. The largest absolute Gasteiger partial charge is 0.438 e. The van der Waals surface area contributed by atoms with Gasteiger partial charge in [0.2, 0.25) is 5.88 Å². The van der Waals surface area contributed by atoms with Gasteiger partial charge < -0.3 is 39.1 Å². The molecule has 2 atom stereocenters. The Morgan fingerprint density at radius 3 is 2.00 bits per heavy atom. The van der Waals surface area contributed by atoms with Crippen LogP contribution in [0.1, 0.15) is 5.56 Å². The maximum Gasteiger partial charge on any atom is 0.202 e. The van der Waals surface area contributed by atoms with E-state index in [9.17, 15) is 0 Å². The van der Waals surface area contributed by atoms with E-state index in [-0.39, 0.29) is 34.4 Å². The summed E-state index contributed by atoms with van der Waals surface area (Å²) < 4.78 is 6.03. The first-order valence-electron chi connectivity index (χ1n) is 4.87. The summed E-state index contributed by atoms with van der Waals surface area (Å²) in [4.78, 5) is 0. The van der Waals surface area contributed by atoms with E-state index in [4.69, 9.17) is 39.1 Å². The normalized spacial score (nSPS) is 22.6. The topological polar surface area (TPSA) is 165 Å². The number of hydrogen-bond donors (Lipinski definition) is 6. The van der Waals surface area contributed by atoms with Gasteiger partial charge in [0.15, 0.2) is 5.75 Å². The zero-order chi connectivity index (χ0) is 13.8. The molecule has 0 aliphatic carbocycles. The van der Waals surface area contributed by atoms with Crippen molar-refractivity contribution in [3.8, 4) is 5.75 Å². The van der Waals surface area contributed by atoms with Gasteiger partial charge in [-0.3, -0.25) is 0 Å². The monoisotopic (exact) mass is 380 g/mol. The van der Waals surface area contributed by atoms with Gasteiger partial charge in [-0.05, 0) is 22.6 Å². The number of rotatable bonds is 0. The molecule has 0 radical (unpaired) electrons. The predicted octanol–water partition coefficient (Wildman–Crippen LogP) is -0.0428. The number of nitrogen functional groups attached to an aromatic ring is 4. The molecule has 0 saturated carbocycles. The summed E-state index contributed by atoms with van der Waals surface area (Å²) in [5, 5.41) is -1.00. The Labute approximate surface area is 120 Å². The van der Waals surface area contributed by atoms with Gasteiger partial charge in [0.25, 0.3) is 0 Å². The highest BCUT2D eigenvalue weighted by Gasteiger charge is 2.40. The van der Waals surface area contributed by atoms with Crippen LogP contribution >= 0.6 is 31.8 Å². The van der Waals surface area contributed by atoms with Gasteiger partial charge in [0.1, 0.15) is 5.69 Å². The molecule has 2 unspecified atom stereocenters. The molecule has 0 bridgehead atoms. The van der Waals surface area contributed by atoms with E-state index < -0.39 is 5.28 Å². The molecule has 12 N–H and O–H groups in total. The third-order valence-corrected chi connectivity index (χ3v) is 5.41. The Morgan fingerprint density at radius 2 is 1.44 bits per heavy atom. The number of benzene rings is 1. The Balaban J connectivity index is 2.88. The van der Waals surface area contributed by atoms with Crippen LogP contribution in [0, 0.1) is 0 Å². The van der Waals surface area contributed by atoms with Crippen molar-refractivity contribution in [1.82, 2.24) is 0 Å². The van der Waals surface area contributed by atoms with Crippen LogP contribution in [0.3, 0.4) is 0 Å². The first kappa shape index (κ1) is 13.3. The lowest BCUT2D eigenvalue weighted by atomic mass is 9.97. The van der Waals surface area contributed by atoms with Gasteiger partial charge in [-0.15, -0.1) is 9.24 Å². The Kier molecular flexibility index (Phi) is 2.91. The van der Waals surface area contributed by atoms with Crippen molar-refractivity contribution in [3.05, 3.63) is 15.0 Å². The molecule has 0 spiro atoms. The third kappa shape index (κ3) is 1.56. The maximum atomic E-state index is 6.22. The first-order chi connectivity index (χ1) is 8.19. The van der Waals surface area contributed by atoms with Crippen LogP contribution in [0.15, 0.2) is 9.46 Å². The molecule has 18 heavy (non-hydrogen) atoms. The van der Waals surface area contributed by atoms with Gasteiger partial charge in [-0.1, -0.05) is 0 Å². The van der Waals surface area contributed by atoms with E-state index in [0.29, 0.717) is 9.14 Å². The summed E-state index contributed by atoms with van der Waals surface area (Å²) in [7, 11) is 2.47. The van der Waals surface area contributed by atoms with Crippen molar-refractivity contribution in [2.75, 3.05) is 22.9 Å². The SMILES string of the molecule is NC1=C(I)C(N)(P)c2c(N)c(N)c(N)c(N)c2O1. The molecule has 1 heterocycles. The van der Waals surface area contributed by atoms with E-state index in [0.717, 1.165) is 0 Å². The highest BCUT2D eigenvalue weighted by atomic mass is 127. The van der Waals surface area contributed by atoms with Gasteiger partial charge in [0.05, 0.1) is 31.5 Å². The minimum absolute atomic E-state index is 0.163. The van der Waals surface area contributed by atoms with Gasteiger partial charge in [-0.25, -0.2) is 0 Å². The fourth-order valence-corrected chi connectivity index (χ4v) is 2.60. The minimum Gasteiger partial charge on any atom is -0.438 e. The van der Waals surface area contributed by atoms with E-state index in [1.165, 1.54) is 0 Å². The molecular weight excluding hydrogens is 366 g/mol. The summed E-state index contributed by atoms with van der Waals surface area (Å²) in [6, 6.07) is 0. The summed E-state index contributed by atoms with van der Waals surface area (Å²) >= 11 is 1.99. The molecule has 0 aromatic heterocycles. The number of fused-ring (bicyclic) bond motifs is 1. The molecule has 1 aliphatic rings. The van der Waals surface area contributed by atoms with Gasteiger partial charge in [0, 0.05) is 0 Å². The van der Waals surface area contributed by atoms with Crippen LogP contribution in [0.2, 0.25) is 0 Å². The van der Waals surface area contributed by atoms with Gasteiger partial charge >= 0.3 is 0 Å². The fraction of sp³-hybridized carbons (Fsp3) is 0.111. The highest BCUT2D eigenvalue weighted by molar-refractivity contribution is 14.1. The van der Waals surface area contributed by atoms with Crippen molar-refractivity contribution in [2.24, 2.45) is 11.5 Å². The predicted molar refractivity (Wildman–Crippen MR) is 85.5 cm³/mol. The average molecular weight is 380 g/mol. The van der Waals surface area contributed by atoms with Crippen LogP contribution in [0.4, 0.5) is 22.7 Å². The second kappa shape index (κ2) is 3.94. The Hall–Kier alpha value is -1.12. The zero-order valence-electron chi connectivity index (χ0n) is 9.33. The second-order valence-electron chi connectivity index (χ2n) is 4.01. The minimum atomic E-state index is -1.00. The summed E-state index contributed by atoms with van der Waals surface area (Å²) in [6.45, 7) is 0. The smallest absolute Gasteiger partial charge is 0.202 e. The van der Waals surface area contributed by atoms with Crippen molar-refractivity contribution >= 4 is 54.6 Å². The van der Waals surface area contributed by atoms with Crippen molar-refractivity contribution in [2.45, 2.75) is 5.28 Å². The summed E-state index contributed by atoms with van der Waals surface area (Å²) in [5.74, 6) is 0.422. The second-order valence-corrected chi connectivity index (χ2v) is 6.00. The number of halogens is 1. The van der Waals surface area contributed by atoms with E-state index >= 15 is 0 Å². The summed E-state index contributed by atoms with van der Waals surface area (Å²) in [6.07, 6.45) is 0. The van der Waals surface area contributed by atoms with Crippen molar-refractivity contribution in [1.29, 1.82) is 0 Å². The number of nitrogens with two attached hydrogens (primary N) is 6. The zero-order valence-corrected chi connectivity index (χ0v) is 12.6. The molecule has 98 valence electrons. The quantitative estimate of drug-likeness (QED) is 0.209. The molecule has 7 nitrogen and oxygen atoms in total. The highest BCUT2D eigenvalue weighted by Crippen LogP contribution is 2.54. The van der Waals surface area contributed by atoms with E-state index in [1.807, 2.05) is 22.6 Å². The van der Waals surface area contributed by atoms with Crippen LogP contribution in [-0.4, -0.2) is 0 Å². The van der Waals surface area contributed by atoms with Crippen LogP contribution in [0.25, 0.3) is 0 Å². The molecule has 2 rings (SSSR count). The average Bonchev–Trinajstić information content (AvgIpc) is 2.30. The summed E-state index contributed by atoms with van der Waals surface area (Å²) in [5.41, 5.74) is 36.6. The van der Waals surface area contributed by atoms with Crippen LogP contribution in [0.5, 0.6) is 5.75 Å². The lowest BCUT2D eigenvalue weighted by molar-refractivity contribution is 0.392. The fourth-order valence-electron chi connectivity index (χ4n) is 1.79. The maximum absolute atomic E-state index is 6.22. The molecule has 0 fully saturated rings. The van der Waals surface area contributed by atoms with Crippen LogP contribution < -0.4 is 39.1 Å². The van der Waals surface area contributed by atoms with Crippen molar-refractivity contribution < 1.29 is 4.74 Å². The standard InChI is InChI=1S/C9H14IN6OP/c10-7-8(15)17-6-1(9(7,16)18)2(11)3(12)4(13)5(6)14/h11-16,18H2. The Morgan fingerprint density at radius 1 is 0.944 bits per heavy atom. The molecule has 1 aliphatic heterocycles. The number of ether oxygens (including phenoxy) is 1. The lowest BCUT2D eigenvalue weighted by Gasteiger charge is -2.34. The Bertz CT molecular complexity index is 585. The third-order valence-electron chi connectivity index (χ3n) is 2.82. The van der Waals surface area contributed by atoms with Crippen LogP contribution in [-0.2, 0) is 5.28 Å². The lowest BCUT2D eigenvalue weighted by Crippen LogP contribution is -2.37. The van der Waals surface area contributed by atoms with Gasteiger partial charge in [-0.2, -0.15) is 0 Å². The molecule has 1 aromatic carbocycles. The first-order valence-corrected chi connectivity index (χ1v) is 6.52. The molecule has 0 amide bonds. The number of anilines is 4. The molecule has 0 saturated heterocycles. The molecule has 9 heteroatoms. The van der Waals surface area contributed by atoms with E-state index in [2.05, 4.69) is 9.24 Å². The molecule has 1 aromatic rings. The molecular formula is C9H14IN6OP. The van der Waals surface area contributed by atoms with E-state index in [1.54, 1.807) is 0 Å².